The van der Waals surface area contributed by atoms with Crippen molar-refractivity contribution < 1.29 is 9.53 Å². The van der Waals surface area contributed by atoms with Crippen LogP contribution in [-0.4, -0.2) is 38.6 Å². The SMILES string of the molecule is Cc1nc2ncnn2c(C)c1CCC(=O)NCCOc1ccccc1-c1ccccc1. The number of aryl methyl sites for hydroxylation is 2. The second-order valence-electron chi connectivity index (χ2n) is 7.29. The van der Waals surface area contributed by atoms with Crippen molar-refractivity contribution in [1.29, 1.82) is 0 Å². The molecule has 2 aromatic carbocycles. The van der Waals surface area contributed by atoms with Crippen molar-refractivity contribution in [1.82, 2.24) is 24.9 Å². The number of fused-ring (bicyclic) bond motifs is 1. The minimum absolute atomic E-state index is 0.0163. The van der Waals surface area contributed by atoms with Gasteiger partial charge in [0.1, 0.15) is 18.7 Å². The summed E-state index contributed by atoms with van der Waals surface area (Å²) >= 11 is 0. The number of carbonyl (C=O) groups excluding carboxylic acids is 1. The van der Waals surface area contributed by atoms with Crippen LogP contribution in [-0.2, 0) is 11.2 Å². The number of ether oxygens (including phenoxy) is 1. The zero-order valence-corrected chi connectivity index (χ0v) is 17.7. The van der Waals surface area contributed by atoms with Gasteiger partial charge in [0.15, 0.2) is 0 Å². The van der Waals surface area contributed by atoms with Gasteiger partial charge < -0.3 is 10.1 Å². The van der Waals surface area contributed by atoms with Gasteiger partial charge in [0.2, 0.25) is 5.91 Å². The first kappa shape index (κ1) is 20.5. The Labute approximate surface area is 181 Å². The monoisotopic (exact) mass is 415 g/mol. The van der Waals surface area contributed by atoms with Crippen molar-refractivity contribution >= 4 is 11.7 Å². The molecule has 0 aliphatic rings. The third-order valence-corrected chi connectivity index (χ3v) is 5.24. The average Bonchev–Trinajstić information content (AvgIpc) is 3.26. The van der Waals surface area contributed by atoms with Crippen molar-refractivity contribution in [3.63, 3.8) is 0 Å². The molecular weight excluding hydrogens is 390 g/mol. The molecule has 4 aromatic rings. The molecular formula is C24H25N5O2. The van der Waals surface area contributed by atoms with Crippen LogP contribution in [0.1, 0.15) is 23.4 Å². The highest BCUT2D eigenvalue weighted by Gasteiger charge is 2.12. The Morgan fingerprint density at radius 2 is 1.84 bits per heavy atom. The lowest BCUT2D eigenvalue weighted by Crippen LogP contribution is -2.28. The van der Waals surface area contributed by atoms with Gasteiger partial charge in [-0.1, -0.05) is 48.5 Å². The Morgan fingerprint density at radius 1 is 1.06 bits per heavy atom. The first-order valence-corrected chi connectivity index (χ1v) is 10.3. The number of carbonyl (C=O) groups is 1. The molecule has 7 heteroatoms. The van der Waals surface area contributed by atoms with Gasteiger partial charge in [0.25, 0.3) is 5.78 Å². The van der Waals surface area contributed by atoms with Gasteiger partial charge in [-0.25, -0.2) is 9.50 Å². The Hall–Kier alpha value is -3.74. The van der Waals surface area contributed by atoms with Crippen LogP contribution in [0.5, 0.6) is 5.75 Å². The minimum Gasteiger partial charge on any atom is -0.491 e. The van der Waals surface area contributed by atoms with Crippen molar-refractivity contribution in [2.45, 2.75) is 26.7 Å². The van der Waals surface area contributed by atoms with Crippen LogP contribution >= 0.6 is 0 Å². The number of hydrogen-bond donors (Lipinski definition) is 1. The van der Waals surface area contributed by atoms with E-state index in [1.807, 2.05) is 56.3 Å². The van der Waals surface area contributed by atoms with E-state index in [2.05, 4.69) is 32.5 Å². The van der Waals surface area contributed by atoms with Crippen LogP contribution in [0, 0.1) is 13.8 Å². The van der Waals surface area contributed by atoms with Gasteiger partial charge in [0, 0.05) is 23.4 Å². The fraction of sp³-hybridized carbons (Fsp3) is 0.250. The highest BCUT2D eigenvalue weighted by atomic mass is 16.5. The Bertz CT molecular complexity index is 1190. The van der Waals surface area contributed by atoms with E-state index in [9.17, 15) is 4.79 Å². The lowest BCUT2D eigenvalue weighted by molar-refractivity contribution is -0.121. The Balaban J connectivity index is 1.28. The average molecular weight is 415 g/mol. The van der Waals surface area contributed by atoms with Crippen molar-refractivity contribution in [2.24, 2.45) is 0 Å². The third-order valence-electron chi connectivity index (χ3n) is 5.24. The smallest absolute Gasteiger partial charge is 0.252 e. The Kier molecular flexibility index (Phi) is 6.21. The molecule has 0 aliphatic heterocycles. The highest BCUT2D eigenvalue weighted by Crippen LogP contribution is 2.29. The summed E-state index contributed by atoms with van der Waals surface area (Å²) in [6.45, 7) is 4.76. The van der Waals surface area contributed by atoms with Crippen LogP contribution < -0.4 is 10.1 Å². The number of aromatic nitrogens is 4. The van der Waals surface area contributed by atoms with E-state index in [-0.39, 0.29) is 5.91 Å². The van der Waals surface area contributed by atoms with Gasteiger partial charge in [-0.05, 0) is 37.5 Å². The van der Waals surface area contributed by atoms with Crippen LogP contribution in [0.25, 0.3) is 16.9 Å². The predicted octanol–water partition coefficient (Wildman–Crippen LogP) is 3.54. The first-order chi connectivity index (χ1) is 15.1. The fourth-order valence-corrected chi connectivity index (χ4v) is 3.64. The standard InChI is InChI=1S/C24H25N5O2/c1-17-20(18(2)29-24(28-17)26-16-27-29)12-13-23(30)25-14-15-31-22-11-7-6-10-21(22)19-8-4-3-5-9-19/h3-11,16H,12-15H2,1-2H3,(H,25,30). The molecule has 0 atom stereocenters. The Morgan fingerprint density at radius 3 is 2.68 bits per heavy atom. The van der Waals surface area contributed by atoms with Gasteiger partial charge in [0.05, 0.1) is 6.54 Å². The van der Waals surface area contributed by atoms with Crippen molar-refractivity contribution in [3.05, 3.63) is 77.9 Å². The summed E-state index contributed by atoms with van der Waals surface area (Å²) in [6.07, 6.45) is 2.47. The molecule has 0 fully saturated rings. The molecule has 0 bridgehead atoms. The molecule has 0 aliphatic carbocycles. The van der Waals surface area contributed by atoms with Crippen LogP contribution in [0.4, 0.5) is 0 Å². The van der Waals surface area contributed by atoms with E-state index in [4.69, 9.17) is 4.74 Å². The lowest BCUT2D eigenvalue weighted by Gasteiger charge is -2.13. The summed E-state index contributed by atoms with van der Waals surface area (Å²) in [7, 11) is 0. The van der Waals surface area contributed by atoms with E-state index in [1.54, 1.807) is 4.52 Å². The number of para-hydroxylation sites is 1. The first-order valence-electron chi connectivity index (χ1n) is 10.3. The van der Waals surface area contributed by atoms with E-state index in [0.717, 1.165) is 33.8 Å². The van der Waals surface area contributed by atoms with E-state index < -0.39 is 0 Å². The van der Waals surface area contributed by atoms with E-state index in [0.29, 0.717) is 31.8 Å². The number of nitrogens with zero attached hydrogens (tertiary/aromatic N) is 4. The number of rotatable bonds is 8. The minimum atomic E-state index is -0.0163. The maximum Gasteiger partial charge on any atom is 0.252 e. The topological polar surface area (TPSA) is 81.4 Å². The molecule has 31 heavy (non-hydrogen) atoms. The van der Waals surface area contributed by atoms with E-state index in [1.165, 1.54) is 6.33 Å². The molecule has 4 rings (SSSR count). The number of benzene rings is 2. The van der Waals surface area contributed by atoms with Crippen LogP contribution in [0.3, 0.4) is 0 Å². The van der Waals surface area contributed by atoms with Gasteiger partial charge >= 0.3 is 0 Å². The summed E-state index contributed by atoms with van der Waals surface area (Å²) < 4.78 is 7.65. The molecule has 7 nitrogen and oxygen atoms in total. The normalized spacial score (nSPS) is 10.9. The van der Waals surface area contributed by atoms with Crippen LogP contribution in [0.2, 0.25) is 0 Å². The molecule has 0 spiro atoms. The van der Waals surface area contributed by atoms with Crippen molar-refractivity contribution in [2.75, 3.05) is 13.2 Å². The third kappa shape index (κ3) is 4.71. The number of nitrogens with one attached hydrogen (secondary N) is 1. The maximum absolute atomic E-state index is 12.3. The van der Waals surface area contributed by atoms with Crippen molar-refractivity contribution in [3.8, 4) is 16.9 Å². The van der Waals surface area contributed by atoms with Gasteiger partial charge in [-0.2, -0.15) is 10.1 Å². The second-order valence-corrected chi connectivity index (χ2v) is 7.29. The molecule has 0 saturated carbocycles. The molecule has 158 valence electrons. The zero-order chi connectivity index (χ0) is 21.6. The summed E-state index contributed by atoms with van der Waals surface area (Å²) in [5.41, 5.74) is 5.02. The molecule has 0 radical (unpaired) electrons. The molecule has 1 N–H and O–H groups in total. The molecule has 0 unspecified atom stereocenters. The molecule has 2 heterocycles. The molecule has 1 amide bonds. The summed E-state index contributed by atoms with van der Waals surface area (Å²) in [5.74, 6) is 1.37. The van der Waals surface area contributed by atoms with Crippen LogP contribution in [0.15, 0.2) is 60.9 Å². The molecule has 0 saturated heterocycles. The summed E-state index contributed by atoms with van der Waals surface area (Å²) in [6, 6.07) is 18.0. The fourth-order valence-electron chi connectivity index (χ4n) is 3.64. The zero-order valence-electron chi connectivity index (χ0n) is 17.7. The number of amides is 1. The van der Waals surface area contributed by atoms with Gasteiger partial charge in [-0.3, -0.25) is 4.79 Å². The highest BCUT2D eigenvalue weighted by molar-refractivity contribution is 5.76. The largest absolute Gasteiger partial charge is 0.491 e. The van der Waals surface area contributed by atoms with Gasteiger partial charge in [-0.15, -0.1) is 0 Å². The predicted molar refractivity (Wildman–Crippen MR) is 119 cm³/mol. The maximum atomic E-state index is 12.3. The molecule has 2 aromatic heterocycles. The lowest BCUT2D eigenvalue weighted by atomic mass is 10.1. The summed E-state index contributed by atoms with van der Waals surface area (Å²) in [4.78, 5) is 20.9. The quantitative estimate of drug-likeness (QED) is 0.445. The number of hydrogen-bond acceptors (Lipinski definition) is 5. The summed E-state index contributed by atoms with van der Waals surface area (Å²) in [5, 5.41) is 7.13. The van der Waals surface area contributed by atoms with E-state index >= 15 is 0 Å². The second kappa shape index (κ2) is 9.38.